The normalized spacial score (nSPS) is 10.0. The molecule has 2 N–H and O–H groups in total. The summed E-state index contributed by atoms with van der Waals surface area (Å²) in [5.41, 5.74) is 0.832. The number of amides is 1. The molecular formula is C16H15NO4S. The third-order valence-corrected chi connectivity index (χ3v) is 3.90. The van der Waals surface area contributed by atoms with Crippen LogP contribution in [0.15, 0.2) is 53.4 Å². The molecule has 5 nitrogen and oxygen atoms in total. The number of carbonyl (C=O) groups excluding carboxylic acids is 1. The van der Waals surface area contributed by atoms with Crippen molar-refractivity contribution in [2.24, 2.45) is 0 Å². The van der Waals surface area contributed by atoms with Crippen LogP contribution in [0, 0.1) is 0 Å². The summed E-state index contributed by atoms with van der Waals surface area (Å²) in [6.45, 7) is 0. The van der Waals surface area contributed by atoms with Crippen molar-refractivity contribution >= 4 is 29.3 Å². The second-order valence-corrected chi connectivity index (χ2v) is 5.39. The molecule has 0 spiro atoms. The van der Waals surface area contributed by atoms with Crippen molar-refractivity contribution in [2.75, 3.05) is 18.2 Å². The number of hydrogen-bond acceptors (Lipinski definition) is 4. The van der Waals surface area contributed by atoms with Gasteiger partial charge in [0.2, 0.25) is 5.91 Å². The van der Waals surface area contributed by atoms with Gasteiger partial charge in [0.1, 0.15) is 5.75 Å². The third kappa shape index (κ3) is 4.26. The van der Waals surface area contributed by atoms with Crippen molar-refractivity contribution in [2.45, 2.75) is 4.90 Å². The summed E-state index contributed by atoms with van der Waals surface area (Å²) in [5, 5.41) is 11.8. The second kappa shape index (κ2) is 7.51. The molecule has 0 fully saturated rings. The Bertz CT molecular complexity index is 687. The fourth-order valence-electron chi connectivity index (χ4n) is 1.81. The number of benzene rings is 2. The maximum Gasteiger partial charge on any atom is 0.336 e. The predicted molar refractivity (Wildman–Crippen MR) is 85.7 cm³/mol. The molecule has 2 aromatic rings. The van der Waals surface area contributed by atoms with E-state index in [2.05, 4.69) is 5.32 Å². The lowest BCUT2D eigenvalue weighted by Gasteiger charge is -2.08. The fourth-order valence-corrected chi connectivity index (χ4v) is 2.65. The number of aromatic carboxylic acids is 1. The summed E-state index contributed by atoms with van der Waals surface area (Å²) < 4.78 is 5.09. The number of rotatable bonds is 6. The summed E-state index contributed by atoms with van der Waals surface area (Å²) in [7, 11) is 1.56. The summed E-state index contributed by atoms with van der Waals surface area (Å²) in [4.78, 5) is 23.6. The first-order valence-electron chi connectivity index (χ1n) is 6.49. The Labute approximate surface area is 132 Å². The van der Waals surface area contributed by atoms with E-state index in [-0.39, 0.29) is 17.2 Å². The Morgan fingerprint density at radius 3 is 2.68 bits per heavy atom. The minimum atomic E-state index is -1.00. The molecular weight excluding hydrogens is 302 g/mol. The van der Waals surface area contributed by atoms with Gasteiger partial charge in [-0.05, 0) is 24.3 Å². The number of methoxy groups -OCH3 is 1. The third-order valence-electron chi connectivity index (χ3n) is 2.83. The van der Waals surface area contributed by atoms with Gasteiger partial charge in [0.25, 0.3) is 0 Å². The highest BCUT2D eigenvalue weighted by Gasteiger charge is 2.11. The molecule has 22 heavy (non-hydrogen) atoms. The van der Waals surface area contributed by atoms with Gasteiger partial charge in [-0.1, -0.05) is 18.2 Å². The quantitative estimate of drug-likeness (QED) is 0.801. The second-order valence-electron chi connectivity index (χ2n) is 4.37. The monoisotopic (exact) mass is 317 g/mol. The van der Waals surface area contributed by atoms with Gasteiger partial charge >= 0.3 is 5.97 Å². The molecule has 6 heteroatoms. The van der Waals surface area contributed by atoms with E-state index in [0.717, 1.165) is 0 Å². The molecule has 1 amide bonds. The zero-order chi connectivity index (χ0) is 15.9. The van der Waals surface area contributed by atoms with Gasteiger partial charge in [0, 0.05) is 16.6 Å². The zero-order valence-electron chi connectivity index (χ0n) is 11.9. The molecule has 0 saturated carbocycles. The summed E-state index contributed by atoms with van der Waals surface area (Å²) in [6.07, 6.45) is 0. The Kier molecular flexibility index (Phi) is 5.43. The average molecular weight is 317 g/mol. The van der Waals surface area contributed by atoms with Crippen LogP contribution in [0.25, 0.3) is 0 Å². The first-order chi connectivity index (χ1) is 10.6. The lowest BCUT2D eigenvalue weighted by Crippen LogP contribution is -2.14. The first-order valence-corrected chi connectivity index (χ1v) is 7.47. The molecule has 2 rings (SSSR count). The largest absolute Gasteiger partial charge is 0.497 e. The summed E-state index contributed by atoms with van der Waals surface area (Å²) in [5.74, 6) is -0.432. The Morgan fingerprint density at radius 2 is 1.95 bits per heavy atom. The van der Waals surface area contributed by atoms with E-state index in [0.29, 0.717) is 16.3 Å². The van der Waals surface area contributed by atoms with Crippen LogP contribution in [-0.2, 0) is 4.79 Å². The highest BCUT2D eigenvalue weighted by molar-refractivity contribution is 8.00. The number of thioether (sulfide) groups is 1. The van der Waals surface area contributed by atoms with Crippen LogP contribution in [0.5, 0.6) is 5.75 Å². The van der Waals surface area contributed by atoms with E-state index in [1.807, 2.05) is 0 Å². The van der Waals surface area contributed by atoms with Crippen LogP contribution in [0.3, 0.4) is 0 Å². The number of hydrogen-bond donors (Lipinski definition) is 2. The lowest BCUT2D eigenvalue weighted by atomic mass is 10.2. The maximum atomic E-state index is 11.9. The maximum absolute atomic E-state index is 11.9. The number of carboxylic acids is 1. The number of nitrogens with one attached hydrogen (secondary N) is 1. The van der Waals surface area contributed by atoms with Crippen molar-refractivity contribution in [3.63, 3.8) is 0 Å². The van der Waals surface area contributed by atoms with Gasteiger partial charge in [0.15, 0.2) is 0 Å². The average Bonchev–Trinajstić information content (AvgIpc) is 2.53. The molecule has 114 valence electrons. The standard InChI is InChI=1S/C16H15NO4S/c1-21-12-6-4-5-11(9-12)17-15(18)10-22-14-8-3-2-7-13(14)16(19)20/h2-9H,10H2,1H3,(H,17,18)(H,19,20). The van der Waals surface area contributed by atoms with E-state index < -0.39 is 5.97 Å². The molecule has 0 aliphatic carbocycles. The number of carbonyl (C=O) groups is 2. The summed E-state index contributed by atoms with van der Waals surface area (Å²) >= 11 is 1.19. The number of carboxylic acid groups (broad SMARTS) is 1. The Hall–Kier alpha value is -2.47. The van der Waals surface area contributed by atoms with Crippen molar-refractivity contribution in [1.82, 2.24) is 0 Å². The van der Waals surface area contributed by atoms with Crippen LogP contribution in [0.4, 0.5) is 5.69 Å². The molecule has 0 unspecified atom stereocenters. The summed E-state index contributed by atoms with van der Waals surface area (Å²) in [6, 6.07) is 13.6. The van der Waals surface area contributed by atoms with Crippen LogP contribution in [-0.4, -0.2) is 29.8 Å². The van der Waals surface area contributed by atoms with E-state index in [1.54, 1.807) is 49.6 Å². The first kappa shape index (κ1) is 15.9. The predicted octanol–water partition coefficient (Wildman–Crippen LogP) is 3.12. The zero-order valence-corrected chi connectivity index (χ0v) is 12.7. The SMILES string of the molecule is COc1cccc(NC(=O)CSc2ccccc2C(=O)O)c1. The van der Waals surface area contributed by atoms with E-state index >= 15 is 0 Å². The van der Waals surface area contributed by atoms with Crippen LogP contribution in [0.1, 0.15) is 10.4 Å². The minimum Gasteiger partial charge on any atom is -0.497 e. The van der Waals surface area contributed by atoms with Crippen molar-refractivity contribution in [1.29, 1.82) is 0 Å². The molecule has 0 aliphatic heterocycles. The number of ether oxygens (including phenoxy) is 1. The highest BCUT2D eigenvalue weighted by atomic mass is 32.2. The van der Waals surface area contributed by atoms with Crippen LogP contribution >= 0.6 is 11.8 Å². The Balaban J connectivity index is 1.97. The van der Waals surface area contributed by atoms with Gasteiger partial charge in [-0.15, -0.1) is 11.8 Å². The van der Waals surface area contributed by atoms with Gasteiger partial charge in [0.05, 0.1) is 18.4 Å². The van der Waals surface area contributed by atoms with Gasteiger partial charge in [-0.2, -0.15) is 0 Å². The van der Waals surface area contributed by atoms with Gasteiger partial charge < -0.3 is 15.2 Å². The smallest absolute Gasteiger partial charge is 0.336 e. The van der Waals surface area contributed by atoms with E-state index in [4.69, 9.17) is 9.84 Å². The lowest BCUT2D eigenvalue weighted by molar-refractivity contribution is -0.113. The highest BCUT2D eigenvalue weighted by Crippen LogP contribution is 2.23. The molecule has 0 bridgehead atoms. The minimum absolute atomic E-state index is 0.126. The topological polar surface area (TPSA) is 75.6 Å². The molecule has 2 aromatic carbocycles. The molecule has 0 aliphatic rings. The molecule has 0 saturated heterocycles. The molecule has 0 atom stereocenters. The number of anilines is 1. The fraction of sp³-hybridized carbons (Fsp3) is 0.125. The molecule has 0 heterocycles. The van der Waals surface area contributed by atoms with Crippen LogP contribution in [0.2, 0.25) is 0 Å². The van der Waals surface area contributed by atoms with Gasteiger partial charge in [-0.3, -0.25) is 4.79 Å². The molecule has 0 aromatic heterocycles. The van der Waals surface area contributed by atoms with Crippen molar-refractivity contribution in [3.05, 3.63) is 54.1 Å². The van der Waals surface area contributed by atoms with Crippen LogP contribution < -0.4 is 10.1 Å². The van der Waals surface area contributed by atoms with Crippen molar-refractivity contribution in [3.8, 4) is 5.75 Å². The van der Waals surface area contributed by atoms with Gasteiger partial charge in [-0.25, -0.2) is 4.79 Å². The Morgan fingerprint density at radius 1 is 1.18 bits per heavy atom. The van der Waals surface area contributed by atoms with E-state index in [1.165, 1.54) is 17.8 Å². The van der Waals surface area contributed by atoms with Crippen molar-refractivity contribution < 1.29 is 19.4 Å². The van der Waals surface area contributed by atoms with E-state index in [9.17, 15) is 9.59 Å². The molecule has 0 radical (unpaired) electrons.